The van der Waals surface area contributed by atoms with E-state index in [4.69, 9.17) is 17.0 Å². The smallest absolute Gasteiger partial charge is 0.171 e. The van der Waals surface area contributed by atoms with Gasteiger partial charge in [0.1, 0.15) is 11.4 Å². The Kier molecular flexibility index (Phi) is 4.83. The molecule has 3 nitrogen and oxygen atoms in total. The molecule has 0 saturated heterocycles. The minimum atomic E-state index is -0.229. The molecule has 0 amide bonds. The number of ether oxygens (including phenoxy) is 1. The first kappa shape index (κ1) is 17.2. The Labute approximate surface area is 156 Å². The predicted octanol–water partition coefficient (Wildman–Crippen LogP) is 5.35. The zero-order valence-electron chi connectivity index (χ0n) is 14.0. The summed E-state index contributed by atoms with van der Waals surface area (Å²) in [4.78, 5) is 0. The van der Waals surface area contributed by atoms with Gasteiger partial charge in [-0.15, -0.1) is 0 Å². The van der Waals surface area contributed by atoms with Crippen molar-refractivity contribution in [3.05, 3.63) is 58.1 Å². The van der Waals surface area contributed by atoms with E-state index >= 15 is 0 Å². The van der Waals surface area contributed by atoms with Crippen molar-refractivity contribution in [1.29, 1.82) is 0 Å². The van der Waals surface area contributed by atoms with Crippen LogP contribution >= 0.6 is 28.1 Å². The van der Waals surface area contributed by atoms with Gasteiger partial charge in [-0.05, 0) is 63.3 Å². The van der Waals surface area contributed by atoms with Crippen LogP contribution in [0.25, 0.3) is 0 Å². The molecular formula is C19H21BrN2OS. The van der Waals surface area contributed by atoms with Gasteiger partial charge < -0.3 is 15.4 Å². The highest BCUT2D eigenvalue weighted by Crippen LogP contribution is 2.39. The Hall–Kier alpha value is -1.59. The maximum atomic E-state index is 6.11. The van der Waals surface area contributed by atoms with E-state index < -0.39 is 0 Å². The second kappa shape index (κ2) is 6.73. The molecule has 1 atom stereocenters. The first-order valence-electron chi connectivity index (χ1n) is 7.95. The number of anilines is 1. The van der Waals surface area contributed by atoms with Crippen molar-refractivity contribution in [2.45, 2.75) is 38.8 Å². The molecule has 1 aliphatic heterocycles. The van der Waals surface area contributed by atoms with Crippen LogP contribution in [0.2, 0.25) is 0 Å². The second-order valence-corrected chi connectivity index (χ2v) is 8.09. The van der Waals surface area contributed by atoms with Crippen LogP contribution in [0, 0.1) is 6.92 Å². The van der Waals surface area contributed by atoms with Crippen LogP contribution in [0.4, 0.5) is 5.69 Å². The highest BCUT2D eigenvalue weighted by Gasteiger charge is 2.34. The van der Waals surface area contributed by atoms with E-state index in [1.807, 2.05) is 30.3 Å². The molecule has 3 rings (SSSR count). The van der Waals surface area contributed by atoms with Crippen LogP contribution in [0.1, 0.15) is 37.4 Å². The molecule has 0 saturated carbocycles. The monoisotopic (exact) mass is 404 g/mol. The molecule has 0 spiro atoms. The summed E-state index contributed by atoms with van der Waals surface area (Å²) in [5.41, 5.74) is 3.11. The number of hydrogen-bond acceptors (Lipinski definition) is 2. The highest BCUT2D eigenvalue weighted by atomic mass is 79.9. The molecule has 126 valence electrons. The van der Waals surface area contributed by atoms with Gasteiger partial charge in [0.2, 0.25) is 0 Å². The van der Waals surface area contributed by atoms with Crippen molar-refractivity contribution < 1.29 is 4.74 Å². The summed E-state index contributed by atoms with van der Waals surface area (Å²) >= 11 is 8.95. The summed E-state index contributed by atoms with van der Waals surface area (Å²) in [6.07, 6.45) is 0.853. The normalized spacial score (nSPS) is 18.2. The van der Waals surface area contributed by atoms with E-state index in [0.29, 0.717) is 5.11 Å². The van der Waals surface area contributed by atoms with Gasteiger partial charge in [0, 0.05) is 22.1 Å². The molecule has 0 aromatic heterocycles. The van der Waals surface area contributed by atoms with Crippen molar-refractivity contribution >= 4 is 38.9 Å². The topological polar surface area (TPSA) is 33.3 Å². The fourth-order valence-corrected chi connectivity index (χ4v) is 3.49. The zero-order chi connectivity index (χ0) is 17.3. The van der Waals surface area contributed by atoms with E-state index in [-0.39, 0.29) is 11.6 Å². The molecule has 0 unspecified atom stereocenters. The molecular weight excluding hydrogens is 384 g/mol. The molecule has 0 aliphatic carbocycles. The minimum Gasteiger partial charge on any atom is -0.487 e. The number of aryl methyl sites for hydroxylation is 1. The molecule has 0 radical (unpaired) electrons. The highest BCUT2D eigenvalue weighted by molar-refractivity contribution is 9.10. The van der Waals surface area contributed by atoms with Crippen LogP contribution in [0.3, 0.4) is 0 Å². The third-order valence-corrected chi connectivity index (χ3v) is 4.78. The lowest BCUT2D eigenvalue weighted by Crippen LogP contribution is -2.42. The summed E-state index contributed by atoms with van der Waals surface area (Å²) in [6.45, 7) is 6.31. The van der Waals surface area contributed by atoms with E-state index in [1.54, 1.807) is 0 Å². The maximum absolute atomic E-state index is 6.11. The lowest BCUT2D eigenvalue weighted by molar-refractivity contribution is 0.0696. The van der Waals surface area contributed by atoms with E-state index in [0.717, 1.165) is 27.9 Å². The van der Waals surface area contributed by atoms with E-state index in [9.17, 15) is 0 Å². The van der Waals surface area contributed by atoms with Crippen molar-refractivity contribution in [1.82, 2.24) is 5.32 Å². The van der Waals surface area contributed by atoms with Crippen LogP contribution < -0.4 is 15.4 Å². The molecule has 2 aromatic carbocycles. The third kappa shape index (κ3) is 4.08. The first-order valence-corrected chi connectivity index (χ1v) is 9.15. The van der Waals surface area contributed by atoms with Gasteiger partial charge in [-0.1, -0.05) is 33.6 Å². The predicted molar refractivity (Wildman–Crippen MR) is 107 cm³/mol. The van der Waals surface area contributed by atoms with Crippen molar-refractivity contribution in [3.63, 3.8) is 0 Å². The van der Waals surface area contributed by atoms with Crippen LogP contribution in [-0.2, 0) is 0 Å². The van der Waals surface area contributed by atoms with Gasteiger partial charge >= 0.3 is 0 Å². The Morgan fingerprint density at radius 2 is 1.92 bits per heavy atom. The van der Waals surface area contributed by atoms with Gasteiger partial charge in [0.15, 0.2) is 5.11 Å². The number of fused-ring (bicyclic) bond motifs is 1. The number of nitrogens with one attached hydrogen (secondary N) is 2. The fraction of sp³-hybridized carbons (Fsp3) is 0.316. The Balaban J connectivity index is 1.77. The molecule has 1 aliphatic rings. The standard InChI is InChI=1S/C19H21BrN2OS/c1-12-4-9-17-15(10-12)16(11-19(2,3)23-17)22-18(24)21-14-7-5-13(20)6-8-14/h4-10,16H,11H2,1-3H3,(H2,21,22,24)/t16-/m0/s1. The van der Waals surface area contributed by atoms with Gasteiger partial charge in [-0.25, -0.2) is 0 Å². The van der Waals surface area contributed by atoms with Crippen molar-refractivity contribution in [3.8, 4) is 5.75 Å². The number of benzene rings is 2. The summed E-state index contributed by atoms with van der Waals surface area (Å²) in [5.74, 6) is 0.931. The number of thiocarbonyl (C=S) groups is 1. The summed E-state index contributed by atoms with van der Waals surface area (Å²) in [6, 6.07) is 14.4. The second-order valence-electron chi connectivity index (χ2n) is 6.77. The third-order valence-electron chi connectivity index (χ3n) is 4.03. The van der Waals surface area contributed by atoms with E-state index in [1.165, 1.54) is 5.56 Å². The lowest BCUT2D eigenvalue weighted by Gasteiger charge is -2.38. The van der Waals surface area contributed by atoms with Gasteiger partial charge in [-0.3, -0.25) is 0 Å². The Morgan fingerprint density at radius 3 is 2.62 bits per heavy atom. The quantitative estimate of drug-likeness (QED) is 0.661. The lowest BCUT2D eigenvalue weighted by atomic mass is 9.89. The maximum Gasteiger partial charge on any atom is 0.171 e. The number of rotatable bonds is 2. The van der Waals surface area contributed by atoms with Gasteiger partial charge in [-0.2, -0.15) is 0 Å². The van der Waals surface area contributed by atoms with Crippen LogP contribution in [0.15, 0.2) is 46.9 Å². The number of halogens is 1. The molecule has 0 bridgehead atoms. The van der Waals surface area contributed by atoms with Gasteiger partial charge in [0.25, 0.3) is 0 Å². The minimum absolute atomic E-state index is 0.124. The summed E-state index contributed by atoms with van der Waals surface area (Å²) < 4.78 is 7.15. The summed E-state index contributed by atoms with van der Waals surface area (Å²) in [5, 5.41) is 7.32. The molecule has 24 heavy (non-hydrogen) atoms. The van der Waals surface area contributed by atoms with Crippen molar-refractivity contribution in [2.75, 3.05) is 5.32 Å². The average Bonchev–Trinajstić information content (AvgIpc) is 2.49. The molecule has 0 fully saturated rings. The molecule has 1 heterocycles. The van der Waals surface area contributed by atoms with Crippen LogP contribution in [-0.4, -0.2) is 10.7 Å². The van der Waals surface area contributed by atoms with Gasteiger partial charge in [0.05, 0.1) is 6.04 Å². The van der Waals surface area contributed by atoms with Crippen molar-refractivity contribution in [2.24, 2.45) is 0 Å². The average molecular weight is 405 g/mol. The fourth-order valence-electron chi connectivity index (χ4n) is 2.96. The SMILES string of the molecule is Cc1ccc2c(c1)[C@@H](NC(=S)Nc1ccc(Br)cc1)CC(C)(C)O2. The largest absolute Gasteiger partial charge is 0.487 e. The first-order chi connectivity index (χ1) is 11.3. The zero-order valence-corrected chi connectivity index (χ0v) is 16.4. The Bertz CT molecular complexity index is 758. The van der Waals surface area contributed by atoms with E-state index in [2.05, 4.69) is 59.5 Å². The molecule has 5 heteroatoms. The Morgan fingerprint density at radius 1 is 1.21 bits per heavy atom. The molecule has 2 aromatic rings. The van der Waals surface area contributed by atoms with Crippen LogP contribution in [0.5, 0.6) is 5.75 Å². The number of hydrogen-bond donors (Lipinski definition) is 2. The molecule has 2 N–H and O–H groups in total. The summed E-state index contributed by atoms with van der Waals surface area (Å²) in [7, 11) is 0.